The van der Waals surface area contributed by atoms with E-state index in [-0.39, 0.29) is 0 Å². The van der Waals surface area contributed by atoms with Crippen LogP contribution in [-0.2, 0) is 10.4 Å². The predicted molar refractivity (Wildman–Crippen MR) is 98.8 cm³/mol. The van der Waals surface area contributed by atoms with E-state index in [4.69, 9.17) is 17.5 Å². The molecule has 146 valence electrons. The van der Waals surface area contributed by atoms with Crippen LogP contribution < -0.4 is 0 Å². The lowest BCUT2D eigenvalue weighted by Crippen LogP contribution is -2.48. The van der Waals surface area contributed by atoms with Crippen molar-refractivity contribution in [1.29, 1.82) is 0 Å². The molecule has 1 aliphatic rings. The Morgan fingerprint density at radius 3 is 1.62 bits per heavy atom. The molecule has 0 radical (unpaired) electrons. The van der Waals surface area contributed by atoms with Crippen LogP contribution in [0.1, 0.15) is 90.4 Å². The maximum atomic E-state index is 8.63. The molecule has 5 nitrogen and oxygen atoms in total. The van der Waals surface area contributed by atoms with E-state index in [2.05, 4.69) is 14.0 Å². The first-order valence-electron chi connectivity index (χ1n) is 9.79. The summed E-state index contributed by atoms with van der Waals surface area (Å²) in [4.78, 5) is 0. The van der Waals surface area contributed by atoms with E-state index in [1.807, 2.05) is 0 Å². The fourth-order valence-electron chi connectivity index (χ4n) is 3.48. The predicted octanol–water partition coefficient (Wildman–Crippen LogP) is 4.54. The van der Waals surface area contributed by atoms with Crippen molar-refractivity contribution in [3.8, 4) is 0 Å². The first-order chi connectivity index (χ1) is 11.3. The molecule has 0 atom stereocenters. The third-order valence-corrected chi connectivity index (χ3v) is 4.95. The van der Waals surface area contributed by atoms with E-state index >= 15 is 0 Å². The summed E-state index contributed by atoms with van der Waals surface area (Å²) >= 11 is 0. The molecular weight excluding hydrogens is 326 g/mol. The molecule has 0 spiro atoms. The second-order valence-electron chi connectivity index (χ2n) is 7.46. The minimum Gasteiger partial charge on any atom is -0.726 e. The molecule has 1 heterocycles. The summed E-state index contributed by atoms with van der Waals surface area (Å²) in [6.07, 6.45) is 19.0. The smallest absolute Gasteiger partial charge is 0.215 e. The van der Waals surface area contributed by atoms with Gasteiger partial charge in [-0.25, -0.2) is 8.42 Å². The van der Waals surface area contributed by atoms with Gasteiger partial charge in [0.25, 0.3) is 0 Å². The zero-order valence-electron chi connectivity index (χ0n) is 15.8. The van der Waals surface area contributed by atoms with Crippen molar-refractivity contribution >= 4 is 10.4 Å². The monoisotopic (exact) mass is 365 g/mol. The molecule has 1 aliphatic heterocycles. The Bertz CT molecular complexity index is 370. The SMILES string of the molecule is CCCCCCCCCCCC[N+]1(C)CCCCC1.O=S(=O)([O-])O. The van der Waals surface area contributed by atoms with Crippen molar-refractivity contribution in [2.24, 2.45) is 0 Å². The Morgan fingerprint density at radius 2 is 1.21 bits per heavy atom. The Labute approximate surface area is 150 Å². The van der Waals surface area contributed by atoms with Crippen LogP contribution >= 0.6 is 0 Å². The van der Waals surface area contributed by atoms with Gasteiger partial charge in [0.1, 0.15) is 0 Å². The molecule has 0 unspecified atom stereocenters. The van der Waals surface area contributed by atoms with Crippen LogP contribution in [0.15, 0.2) is 0 Å². The number of quaternary nitrogens is 1. The van der Waals surface area contributed by atoms with Crippen LogP contribution in [-0.4, -0.2) is 48.7 Å². The van der Waals surface area contributed by atoms with Crippen LogP contribution in [0, 0.1) is 0 Å². The second kappa shape index (κ2) is 14.0. The topological polar surface area (TPSA) is 77.4 Å². The highest BCUT2D eigenvalue weighted by Gasteiger charge is 2.23. The molecule has 1 rings (SSSR count). The summed E-state index contributed by atoms with van der Waals surface area (Å²) < 4.78 is 34.2. The number of unbranched alkanes of at least 4 members (excludes halogenated alkanes) is 9. The Balaban J connectivity index is 0.000000922. The van der Waals surface area contributed by atoms with Gasteiger partial charge in [0.2, 0.25) is 10.4 Å². The summed E-state index contributed by atoms with van der Waals surface area (Å²) in [6, 6.07) is 0. The largest absolute Gasteiger partial charge is 0.726 e. The lowest BCUT2D eigenvalue weighted by molar-refractivity contribution is -0.914. The van der Waals surface area contributed by atoms with Gasteiger partial charge in [0, 0.05) is 0 Å². The molecule has 0 bridgehead atoms. The van der Waals surface area contributed by atoms with Gasteiger partial charge in [-0.1, -0.05) is 58.3 Å². The number of piperidine rings is 1. The number of nitrogens with zero attached hydrogens (tertiary/aromatic N) is 1. The maximum absolute atomic E-state index is 8.63. The van der Waals surface area contributed by atoms with E-state index in [0.29, 0.717) is 0 Å². The average molecular weight is 366 g/mol. The number of rotatable bonds is 11. The normalized spacial score (nSPS) is 17.2. The van der Waals surface area contributed by atoms with Gasteiger partial charge in [0.05, 0.1) is 26.7 Å². The van der Waals surface area contributed by atoms with Crippen molar-refractivity contribution in [2.45, 2.75) is 90.4 Å². The van der Waals surface area contributed by atoms with Gasteiger partial charge < -0.3 is 9.04 Å². The van der Waals surface area contributed by atoms with Gasteiger partial charge in [-0.15, -0.1) is 0 Å². The molecule has 0 aliphatic carbocycles. The molecule has 1 fully saturated rings. The van der Waals surface area contributed by atoms with Crippen molar-refractivity contribution in [3.05, 3.63) is 0 Å². The molecule has 24 heavy (non-hydrogen) atoms. The first kappa shape index (κ1) is 23.8. The number of hydrogen-bond donors (Lipinski definition) is 1. The van der Waals surface area contributed by atoms with E-state index in [1.165, 1.54) is 108 Å². The molecule has 1 saturated heterocycles. The fourth-order valence-corrected chi connectivity index (χ4v) is 3.48. The molecule has 0 saturated carbocycles. The van der Waals surface area contributed by atoms with E-state index < -0.39 is 10.4 Å². The second-order valence-corrected chi connectivity index (χ2v) is 8.32. The summed E-state index contributed by atoms with van der Waals surface area (Å²) in [6.45, 7) is 6.62. The lowest BCUT2D eigenvalue weighted by atomic mass is 10.0. The first-order valence-corrected chi connectivity index (χ1v) is 11.2. The quantitative estimate of drug-likeness (QED) is 0.252. The minimum absolute atomic E-state index is 1.37. The lowest BCUT2D eigenvalue weighted by Gasteiger charge is -2.37. The zero-order chi connectivity index (χ0) is 18.3. The van der Waals surface area contributed by atoms with Gasteiger partial charge in [0.15, 0.2) is 0 Å². The van der Waals surface area contributed by atoms with Crippen LogP contribution in [0.3, 0.4) is 0 Å². The minimum atomic E-state index is -4.92. The standard InChI is InChI=1S/C18H38N.H2O4S/c1-3-4-5-6-7-8-9-10-11-13-16-19(2)17-14-12-15-18-19;1-5(2,3)4/h3-18H2,1-2H3;(H2,1,2,3,4)/q+1;/p-1. The highest BCUT2D eigenvalue weighted by molar-refractivity contribution is 7.79. The highest BCUT2D eigenvalue weighted by Crippen LogP contribution is 2.18. The van der Waals surface area contributed by atoms with Crippen molar-refractivity contribution < 1.29 is 22.0 Å². The van der Waals surface area contributed by atoms with Crippen LogP contribution in [0.25, 0.3) is 0 Å². The summed E-state index contributed by atoms with van der Waals surface area (Å²) in [5.74, 6) is 0. The maximum Gasteiger partial charge on any atom is 0.215 e. The molecule has 6 heteroatoms. The van der Waals surface area contributed by atoms with Gasteiger partial charge in [-0.05, 0) is 32.1 Å². The summed E-state index contributed by atoms with van der Waals surface area (Å²) in [5.41, 5.74) is 0. The Kier molecular flexibility index (Phi) is 13.9. The number of likely N-dealkylation sites (tertiary alicyclic amines) is 1. The molecule has 0 amide bonds. The van der Waals surface area contributed by atoms with Crippen LogP contribution in [0.2, 0.25) is 0 Å². The molecule has 0 aromatic carbocycles. The van der Waals surface area contributed by atoms with E-state index in [0.717, 1.165) is 0 Å². The van der Waals surface area contributed by atoms with Crippen molar-refractivity contribution in [3.63, 3.8) is 0 Å². The van der Waals surface area contributed by atoms with Crippen molar-refractivity contribution in [2.75, 3.05) is 26.7 Å². The average Bonchev–Trinajstić information content (AvgIpc) is 2.48. The van der Waals surface area contributed by atoms with Gasteiger partial charge in [-0.2, -0.15) is 0 Å². The zero-order valence-corrected chi connectivity index (χ0v) is 16.7. The molecule has 0 aromatic heterocycles. The Hall–Kier alpha value is -0.170. The number of hydrogen-bond acceptors (Lipinski definition) is 3. The van der Waals surface area contributed by atoms with E-state index in [9.17, 15) is 0 Å². The molecule has 1 N–H and O–H groups in total. The van der Waals surface area contributed by atoms with Gasteiger partial charge in [-0.3, -0.25) is 4.55 Å². The summed E-state index contributed by atoms with van der Waals surface area (Å²) in [7, 11) is -2.44. The third-order valence-electron chi connectivity index (χ3n) is 4.95. The molecule has 0 aromatic rings. The van der Waals surface area contributed by atoms with Crippen molar-refractivity contribution in [1.82, 2.24) is 0 Å². The fraction of sp³-hybridized carbons (Fsp3) is 1.00. The van der Waals surface area contributed by atoms with E-state index in [1.54, 1.807) is 0 Å². The summed E-state index contributed by atoms with van der Waals surface area (Å²) in [5, 5.41) is 0. The van der Waals surface area contributed by atoms with Crippen LogP contribution in [0.5, 0.6) is 0 Å². The highest BCUT2D eigenvalue weighted by atomic mass is 32.3. The Morgan fingerprint density at radius 1 is 0.833 bits per heavy atom. The molecular formula is C18H39NO4S. The van der Waals surface area contributed by atoms with Gasteiger partial charge >= 0.3 is 0 Å². The third kappa shape index (κ3) is 18.2. The van der Waals surface area contributed by atoms with Crippen LogP contribution in [0.4, 0.5) is 0 Å².